The van der Waals surface area contributed by atoms with E-state index < -0.39 is 4.92 Å². The number of nitro benzene ring substituents is 1. The molecule has 1 fully saturated rings. The number of nitrogens with zero attached hydrogens (tertiary/aromatic N) is 4. The number of anilines is 1. The average molecular weight is 371 g/mol. The van der Waals surface area contributed by atoms with Gasteiger partial charge in [-0.1, -0.05) is 13.3 Å². The molecule has 0 spiro atoms. The zero-order valence-electron chi connectivity index (χ0n) is 15.7. The van der Waals surface area contributed by atoms with E-state index in [2.05, 4.69) is 22.1 Å². The number of hydrogen-bond acceptors (Lipinski definition) is 6. The lowest BCUT2D eigenvalue weighted by Gasteiger charge is -2.35. The Kier molecular flexibility index (Phi) is 5.85. The molecule has 0 bridgehead atoms. The van der Waals surface area contributed by atoms with Crippen LogP contribution in [0.3, 0.4) is 0 Å². The second kappa shape index (κ2) is 8.30. The molecule has 27 heavy (non-hydrogen) atoms. The highest BCUT2D eigenvalue weighted by Crippen LogP contribution is 2.27. The molecule has 1 atom stereocenters. The van der Waals surface area contributed by atoms with Crippen LogP contribution in [0.15, 0.2) is 30.6 Å². The molecule has 8 nitrogen and oxygen atoms in total. The number of aromatic nitrogens is 2. The molecule has 0 saturated carbocycles. The lowest BCUT2D eigenvalue weighted by atomic mass is 10.0. The SMILES string of the molecule is CCN1CCCCC1CNc1ccc(C(=O)c2nccn2C)cc1[N+](=O)[O-]. The highest BCUT2D eigenvalue weighted by molar-refractivity contribution is 6.07. The van der Waals surface area contributed by atoms with Crippen molar-refractivity contribution in [3.63, 3.8) is 0 Å². The lowest BCUT2D eigenvalue weighted by molar-refractivity contribution is -0.384. The van der Waals surface area contributed by atoms with Crippen LogP contribution in [-0.2, 0) is 7.05 Å². The number of rotatable bonds is 7. The van der Waals surface area contributed by atoms with Crippen LogP contribution in [0, 0.1) is 10.1 Å². The van der Waals surface area contributed by atoms with E-state index in [0.717, 1.165) is 19.5 Å². The van der Waals surface area contributed by atoms with E-state index in [1.807, 2.05) is 0 Å². The summed E-state index contributed by atoms with van der Waals surface area (Å²) < 4.78 is 1.60. The van der Waals surface area contributed by atoms with Gasteiger partial charge in [0.05, 0.1) is 4.92 Å². The molecule has 144 valence electrons. The van der Waals surface area contributed by atoms with Crippen LogP contribution in [-0.4, -0.2) is 50.8 Å². The minimum atomic E-state index is -0.448. The molecule has 1 aliphatic heterocycles. The summed E-state index contributed by atoms with van der Waals surface area (Å²) in [5.41, 5.74) is 0.612. The van der Waals surface area contributed by atoms with Gasteiger partial charge in [0.1, 0.15) is 5.69 Å². The first kappa shape index (κ1) is 19.0. The van der Waals surface area contributed by atoms with E-state index >= 15 is 0 Å². The highest BCUT2D eigenvalue weighted by atomic mass is 16.6. The predicted molar refractivity (Wildman–Crippen MR) is 103 cm³/mol. The number of nitrogens with one attached hydrogen (secondary N) is 1. The second-order valence-electron chi connectivity index (χ2n) is 6.84. The average Bonchev–Trinajstić information content (AvgIpc) is 3.11. The van der Waals surface area contributed by atoms with E-state index in [0.29, 0.717) is 18.3 Å². The number of hydrogen-bond donors (Lipinski definition) is 1. The fraction of sp³-hybridized carbons (Fsp3) is 0.474. The van der Waals surface area contributed by atoms with Crippen molar-refractivity contribution in [2.45, 2.75) is 32.2 Å². The number of carbonyl (C=O) groups is 1. The summed E-state index contributed by atoms with van der Waals surface area (Å²) in [6.07, 6.45) is 6.67. The molecule has 1 N–H and O–H groups in total. The Morgan fingerprint density at radius 1 is 1.41 bits per heavy atom. The first-order valence-electron chi connectivity index (χ1n) is 9.29. The molecular weight excluding hydrogens is 346 g/mol. The fourth-order valence-corrected chi connectivity index (χ4v) is 3.62. The summed E-state index contributed by atoms with van der Waals surface area (Å²) in [6.45, 7) is 4.84. The van der Waals surface area contributed by atoms with E-state index in [1.54, 1.807) is 29.9 Å². The van der Waals surface area contributed by atoms with Crippen LogP contribution in [0.1, 0.15) is 42.4 Å². The van der Waals surface area contributed by atoms with E-state index in [1.165, 1.54) is 25.1 Å². The zero-order valence-corrected chi connectivity index (χ0v) is 15.7. The Morgan fingerprint density at radius 3 is 2.89 bits per heavy atom. The van der Waals surface area contributed by atoms with Crippen LogP contribution >= 0.6 is 0 Å². The number of ketones is 1. The minimum Gasteiger partial charge on any atom is -0.378 e. The molecule has 2 aromatic rings. The summed E-state index contributed by atoms with van der Waals surface area (Å²) in [6, 6.07) is 4.94. The monoisotopic (exact) mass is 371 g/mol. The Bertz CT molecular complexity index is 833. The molecule has 3 rings (SSSR count). The van der Waals surface area contributed by atoms with Gasteiger partial charge in [0.2, 0.25) is 5.78 Å². The van der Waals surface area contributed by atoms with Crippen LogP contribution in [0.25, 0.3) is 0 Å². The van der Waals surface area contributed by atoms with E-state index in [4.69, 9.17) is 0 Å². The van der Waals surface area contributed by atoms with E-state index in [9.17, 15) is 14.9 Å². The van der Waals surface area contributed by atoms with Crippen molar-refractivity contribution >= 4 is 17.2 Å². The number of benzene rings is 1. The predicted octanol–water partition coefficient (Wildman–Crippen LogP) is 2.85. The smallest absolute Gasteiger partial charge is 0.293 e. The molecule has 1 aromatic heterocycles. The van der Waals surface area contributed by atoms with Gasteiger partial charge in [0.15, 0.2) is 5.82 Å². The van der Waals surface area contributed by atoms with Gasteiger partial charge in [-0.15, -0.1) is 0 Å². The molecule has 1 unspecified atom stereocenters. The maximum Gasteiger partial charge on any atom is 0.293 e. The van der Waals surface area contributed by atoms with Crippen LogP contribution < -0.4 is 5.32 Å². The second-order valence-corrected chi connectivity index (χ2v) is 6.84. The molecule has 0 amide bonds. The topological polar surface area (TPSA) is 93.3 Å². The summed E-state index contributed by atoms with van der Waals surface area (Å²) in [7, 11) is 1.72. The molecule has 8 heteroatoms. The quantitative estimate of drug-likeness (QED) is 0.457. The molecule has 0 aliphatic carbocycles. The number of likely N-dealkylation sites (tertiary alicyclic amines) is 1. The number of nitro groups is 1. The van der Waals surface area contributed by atoms with Crippen LogP contribution in [0.5, 0.6) is 0 Å². The highest BCUT2D eigenvalue weighted by Gasteiger charge is 2.24. The van der Waals surface area contributed by atoms with Gasteiger partial charge in [-0.2, -0.15) is 0 Å². The van der Waals surface area contributed by atoms with Gasteiger partial charge in [0.25, 0.3) is 5.69 Å². The van der Waals surface area contributed by atoms with Gasteiger partial charge in [-0.3, -0.25) is 19.8 Å². The van der Waals surface area contributed by atoms with Gasteiger partial charge >= 0.3 is 0 Å². The van der Waals surface area contributed by atoms with E-state index in [-0.39, 0.29) is 22.9 Å². The number of carbonyl (C=O) groups excluding carboxylic acids is 1. The third kappa shape index (κ3) is 4.16. The number of imidazole rings is 1. The van der Waals surface area contributed by atoms with Crippen molar-refractivity contribution in [2.24, 2.45) is 7.05 Å². The van der Waals surface area contributed by atoms with Gasteiger partial charge in [-0.05, 0) is 38.1 Å². The summed E-state index contributed by atoms with van der Waals surface area (Å²) in [5, 5.41) is 14.8. The summed E-state index contributed by atoms with van der Waals surface area (Å²) in [5.74, 6) is -0.0765. The standard InChI is InChI=1S/C19H25N5O3/c1-3-23-10-5-4-6-15(23)13-21-16-8-7-14(12-17(16)24(26)27)18(25)19-20-9-11-22(19)2/h7-9,11-12,15,21H,3-6,10,13H2,1-2H3. The van der Waals surface area contributed by atoms with Gasteiger partial charge in [-0.25, -0.2) is 4.98 Å². The minimum absolute atomic E-state index is 0.0890. The first-order valence-corrected chi connectivity index (χ1v) is 9.29. The van der Waals surface area contributed by atoms with Crippen LogP contribution in [0.4, 0.5) is 11.4 Å². The van der Waals surface area contributed by atoms with Crippen molar-refractivity contribution in [2.75, 3.05) is 25.0 Å². The Balaban J connectivity index is 1.79. The lowest BCUT2D eigenvalue weighted by Crippen LogP contribution is -2.43. The van der Waals surface area contributed by atoms with Crippen molar-refractivity contribution in [1.29, 1.82) is 0 Å². The van der Waals surface area contributed by atoms with Crippen molar-refractivity contribution < 1.29 is 9.72 Å². The molecule has 2 heterocycles. The fourth-order valence-electron chi connectivity index (χ4n) is 3.62. The van der Waals surface area contributed by atoms with Crippen LogP contribution in [0.2, 0.25) is 0 Å². The Labute approximate surface area is 158 Å². The van der Waals surface area contributed by atoms with Crippen molar-refractivity contribution in [3.8, 4) is 0 Å². The Morgan fingerprint density at radius 2 is 2.22 bits per heavy atom. The number of likely N-dealkylation sites (N-methyl/N-ethyl adjacent to an activating group) is 1. The maximum absolute atomic E-state index is 12.6. The zero-order chi connectivity index (χ0) is 19.4. The van der Waals surface area contributed by atoms with Gasteiger partial charge in [0, 0.05) is 43.7 Å². The molecular formula is C19H25N5O3. The normalized spacial score (nSPS) is 17.6. The molecule has 0 radical (unpaired) electrons. The molecule has 1 saturated heterocycles. The van der Waals surface area contributed by atoms with Crippen molar-refractivity contribution in [1.82, 2.24) is 14.5 Å². The number of piperidine rings is 1. The van der Waals surface area contributed by atoms with Gasteiger partial charge < -0.3 is 9.88 Å². The maximum atomic E-state index is 12.6. The van der Waals surface area contributed by atoms with Crippen molar-refractivity contribution in [3.05, 3.63) is 52.1 Å². The Hall–Kier alpha value is -2.74. The molecule has 1 aromatic carbocycles. The first-order chi connectivity index (χ1) is 13.0. The third-order valence-electron chi connectivity index (χ3n) is 5.16. The summed E-state index contributed by atoms with van der Waals surface area (Å²) >= 11 is 0. The number of aryl methyl sites for hydroxylation is 1. The third-order valence-corrected chi connectivity index (χ3v) is 5.16. The largest absolute Gasteiger partial charge is 0.378 e. The summed E-state index contributed by atoms with van der Waals surface area (Å²) in [4.78, 5) is 30.1. The molecule has 1 aliphatic rings.